The molecule has 0 aliphatic rings. The van der Waals surface area contributed by atoms with Gasteiger partial charge in [0.15, 0.2) is 16.8 Å². The Hall–Kier alpha value is -2.45. The van der Waals surface area contributed by atoms with E-state index in [9.17, 15) is 9.59 Å². The fourth-order valence-corrected chi connectivity index (χ4v) is 4.12. The van der Waals surface area contributed by atoms with Crippen molar-refractivity contribution in [1.29, 1.82) is 0 Å². The number of benzene rings is 1. The van der Waals surface area contributed by atoms with Crippen molar-refractivity contribution in [3.05, 3.63) is 47.3 Å². The van der Waals surface area contributed by atoms with E-state index >= 15 is 0 Å². The number of rotatable bonds is 7. The molecule has 0 aliphatic heterocycles. The van der Waals surface area contributed by atoms with Crippen molar-refractivity contribution in [2.75, 3.05) is 5.32 Å². The number of carbonyl (C=O) groups is 2. The maximum absolute atomic E-state index is 12.5. The third-order valence-electron chi connectivity index (χ3n) is 3.99. The molecule has 27 heavy (non-hydrogen) atoms. The second-order valence-corrected chi connectivity index (χ2v) is 8.17. The molecule has 2 aromatic heterocycles. The third kappa shape index (κ3) is 4.45. The zero-order valence-electron chi connectivity index (χ0n) is 15.3. The summed E-state index contributed by atoms with van der Waals surface area (Å²) in [7, 11) is 0. The molecule has 0 fully saturated rings. The first-order chi connectivity index (χ1) is 13.0. The average molecular weight is 401 g/mol. The zero-order valence-corrected chi connectivity index (χ0v) is 16.9. The topological polar surface area (TPSA) is 76.9 Å². The molecule has 1 amide bonds. The van der Waals surface area contributed by atoms with Gasteiger partial charge in [-0.05, 0) is 56.5 Å². The Morgan fingerprint density at radius 2 is 1.96 bits per heavy atom. The summed E-state index contributed by atoms with van der Waals surface area (Å²) < 4.78 is 2.02. The van der Waals surface area contributed by atoms with Crippen LogP contribution >= 0.6 is 23.1 Å². The first kappa shape index (κ1) is 19.3. The summed E-state index contributed by atoms with van der Waals surface area (Å²) in [4.78, 5) is 24.9. The van der Waals surface area contributed by atoms with E-state index < -0.39 is 0 Å². The van der Waals surface area contributed by atoms with Gasteiger partial charge in [0, 0.05) is 17.8 Å². The monoisotopic (exact) mass is 400 g/mol. The van der Waals surface area contributed by atoms with Crippen molar-refractivity contribution in [3.8, 4) is 10.7 Å². The molecule has 1 aromatic carbocycles. The van der Waals surface area contributed by atoms with Crippen molar-refractivity contribution in [2.45, 2.75) is 37.7 Å². The van der Waals surface area contributed by atoms with E-state index in [1.54, 1.807) is 35.6 Å². The molecule has 0 radical (unpaired) electrons. The van der Waals surface area contributed by atoms with Gasteiger partial charge in [-0.1, -0.05) is 17.8 Å². The molecule has 0 saturated carbocycles. The summed E-state index contributed by atoms with van der Waals surface area (Å²) >= 11 is 2.99. The number of hydrogen-bond donors (Lipinski definition) is 1. The van der Waals surface area contributed by atoms with E-state index in [-0.39, 0.29) is 16.9 Å². The van der Waals surface area contributed by atoms with Crippen LogP contribution in [-0.4, -0.2) is 31.7 Å². The number of nitrogens with one attached hydrogen (secondary N) is 1. The highest BCUT2D eigenvalue weighted by Crippen LogP contribution is 2.29. The van der Waals surface area contributed by atoms with Gasteiger partial charge in [0.2, 0.25) is 5.91 Å². The number of amides is 1. The Bertz CT molecular complexity index is 933. The molecule has 1 N–H and O–H groups in total. The minimum Gasteiger partial charge on any atom is -0.325 e. The first-order valence-electron chi connectivity index (χ1n) is 8.55. The van der Waals surface area contributed by atoms with Crippen LogP contribution in [0.1, 0.15) is 31.1 Å². The van der Waals surface area contributed by atoms with Crippen LogP contribution in [0.4, 0.5) is 5.69 Å². The van der Waals surface area contributed by atoms with Crippen LogP contribution in [0.15, 0.2) is 46.9 Å². The Kier molecular flexibility index (Phi) is 6.08. The van der Waals surface area contributed by atoms with Crippen molar-refractivity contribution in [3.63, 3.8) is 0 Å². The Balaban J connectivity index is 1.68. The largest absolute Gasteiger partial charge is 0.325 e. The molecule has 3 rings (SSSR count). The number of Topliss-reactive ketones (excluding diaryl/α,β-unsaturated/α-hetero) is 1. The van der Waals surface area contributed by atoms with Crippen molar-refractivity contribution < 1.29 is 9.59 Å². The molecule has 0 saturated heterocycles. The highest BCUT2D eigenvalue weighted by Gasteiger charge is 2.20. The number of carbonyl (C=O) groups excluding carboxylic acids is 2. The minimum absolute atomic E-state index is 0.00255. The van der Waals surface area contributed by atoms with Gasteiger partial charge in [0.1, 0.15) is 0 Å². The Labute approximate surface area is 166 Å². The summed E-state index contributed by atoms with van der Waals surface area (Å²) in [6.45, 7) is 6.11. The Morgan fingerprint density at radius 1 is 1.22 bits per heavy atom. The normalized spacial score (nSPS) is 12.0. The number of anilines is 1. The summed E-state index contributed by atoms with van der Waals surface area (Å²) in [6.07, 6.45) is 0. The van der Waals surface area contributed by atoms with Crippen molar-refractivity contribution in [1.82, 2.24) is 14.8 Å². The molecule has 1 atom stereocenters. The van der Waals surface area contributed by atoms with Gasteiger partial charge in [-0.3, -0.25) is 9.59 Å². The van der Waals surface area contributed by atoms with Gasteiger partial charge in [0.25, 0.3) is 0 Å². The molecule has 6 nitrogen and oxygen atoms in total. The van der Waals surface area contributed by atoms with E-state index in [2.05, 4.69) is 15.5 Å². The predicted octanol–water partition coefficient (Wildman–Crippen LogP) is 4.35. The van der Waals surface area contributed by atoms with Crippen LogP contribution < -0.4 is 5.32 Å². The van der Waals surface area contributed by atoms with E-state index in [1.165, 1.54) is 18.7 Å². The average Bonchev–Trinajstić information content (AvgIpc) is 3.31. The number of ketones is 1. The molecule has 0 spiro atoms. The lowest BCUT2D eigenvalue weighted by Gasteiger charge is -2.12. The van der Waals surface area contributed by atoms with Crippen molar-refractivity contribution in [2.24, 2.45) is 0 Å². The highest BCUT2D eigenvalue weighted by molar-refractivity contribution is 8.00. The predicted molar refractivity (Wildman–Crippen MR) is 109 cm³/mol. The van der Waals surface area contributed by atoms with Gasteiger partial charge in [-0.25, -0.2) is 0 Å². The maximum atomic E-state index is 12.5. The van der Waals surface area contributed by atoms with E-state index in [1.807, 2.05) is 35.9 Å². The van der Waals surface area contributed by atoms with Crippen LogP contribution in [0.5, 0.6) is 0 Å². The number of thiophene rings is 1. The molecular weight excluding hydrogens is 380 g/mol. The maximum Gasteiger partial charge on any atom is 0.237 e. The molecule has 8 heteroatoms. The van der Waals surface area contributed by atoms with Gasteiger partial charge in [-0.15, -0.1) is 21.5 Å². The molecule has 2 heterocycles. The molecule has 3 aromatic rings. The Morgan fingerprint density at radius 3 is 2.56 bits per heavy atom. The van der Waals surface area contributed by atoms with E-state index in [4.69, 9.17) is 0 Å². The quantitative estimate of drug-likeness (QED) is 0.471. The zero-order chi connectivity index (χ0) is 19.4. The van der Waals surface area contributed by atoms with Crippen molar-refractivity contribution >= 4 is 40.5 Å². The van der Waals surface area contributed by atoms with Crippen LogP contribution in [0.2, 0.25) is 0 Å². The van der Waals surface area contributed by atoms with E-state index in [0.717, 1.165) is 22.4 Å². The summed E-state index contributed by atoms with van der Waals surface area (Å²) in [5.41, 5.74) is 1.28. The lowest BCUT2D eigenvalue weighted by Crippen LogP contribution is -2.23. The van der Waals surface area contributed by atoms with Crippen LogP contribution in [-0.2, 0) is 11.3 Å². The lowest BCUT2D eigenvalue weighted by atomic mass is 10.1. The van der Waals surface area contributed by atoms with Gasteiger partial charge in [0.05, 0.1) is 10.1 Å². The molecule has 140 valence electrons. The highest BCUT2D eigenvalue weighted by atomic mass is 32.2. The lowest BCUT2D eigenvalue weighted by molar-refractivity contribution is -0.115. The van der Waals surface area contributed by atoms with Crippen LogP contribution in [0.25, 0.3) is 10.7 Å². The summed E-state index contributed by atoms with van der Waals surface area (Å²) in [6, 6.07) is 10.9. The molecule has 0 bridgehead atoms. The third-order valence-corrected chi connectivity index (χ3v) is 5.93. The standard InChI is InChI=1S/C19H20N4O2S2/c1-4-23-17(16-6-5-11-26-16)21-22-19(23)27-13(3)18(25)20-15-9-7-14(8-10-15)12(2)24/h5-11,13H,4H2,1-3H3,(H,20,25). The SMILES string of the molecule is CCn1c(SC(C)C(=O)Nc2ccc(C(C)=O)cc2)nnc1-c1cccs1. The molecular formula is C19H20N4O2S2. The first-order valence-corrected chi connectivity index (χ1v) is 10.3. The molecule has 1 unspecified atom stereocenters. The smallest absolute Gasteiger partial charge is 0.237 e. The second kappa shape index (κ2) is 8.49. The fraction of sp³-hybridized carbons (Fsp3) is 0.263. The van der Waals surface area contributed by atoms with Gasteiger partial charge < -0.3 is 9.88 Å². The molecule has 0 aliphatic carbocycles. The minimum atomic E-state index is -0.344. The second-order valence-electron chi connectivity index (χ2n) is 5.91. The van der Waals surface area contributed by atoms with E-state index in [0.29, 0.717) is 11.3 Å². The summed E-state index contributed by atoms with van der Waals surface area (Å²) in [5, 5.41) is 13.8. The number of nitrogens with zero attached hydrogens (tertiary/aromatic N) is 3. The van der Waals surface area contributed by atoms with Gasteiger partial charge >= 0.3 is 0 Å². The number of aromatic nitrogens is 3. The number of hydrogen-bond acceptors (Lipinski definition) is 6. The number of thioether (sulfide) groups is 1. The fourth-order valence-electron chi connectivity index (χ4n) is 2.49. The van der Waals surface area contributed by atoms with Crippen LogP contribution in [0.3, 0.4) is 0 Å². The summed E-state index contributed by atoms with van der Waals surface area (Å²) in [5.74, 6) is 0.693. The van der Waals surface area contributed by atoms with Crippen LogP contribution in [0, 0.1) is 0 Å². The van der Waals surface area contributed by atoms with Gasteiger partial charge in [-0.2, -0.15) is 0 Å².